The van der Waals surface area contributed by atoms with Crippen LogP contribution in [-0.2, 0) is 14.2 Å². The van der Waals surface area contributed by atoms with E-state index in [-0.39, 0.29) is 16.9 Å². The molecule has 1 N–H and O–H groups in total. The molecule has 3 unspecified atom stereocenters. The van der Waals surface area contributed by atoms with Gasteiger partial charge in [-0.15, -0.1) is 0 Å². The van der Waals surface area contributed by atoms with Crippen LogP contribution in [0.1, 0.15) is 65.7 Å². The van der Waals surface area contributed by atoms with Gasteiger partial charge < -0.3 is 19.3 Å². The van der Waals surface area contributed by atoms with Crippen molar-refractivity contribution >= 4 is 0 Å². The zero-order chi connectivity index (χ0) is 19.7. The summed E-state index contributed by atoms with van der Waals surface area (Å²) in [7, 11) is 1.84. The second kappa shape index (κ2) is 6.25. The zero-order valence-corrected chi connectivity index (χ0v) is 17.8. The molecule has 1 aliphatic heterocycles. The van der Waals surface area contributed by atoms with E-state index < -0.39 is 5.79 Å². The lowest BCUT2D eigenvalue weighted by atomic mass is 9.46. The van der Waals surface area contributed by atoms with Crippen LogP contribution < -0.4 is 0 Å². The van der Waals surface area contributed by atoms with Crippen LogP contribution in [0.25, 0.3) is 0 Å². The van der Waals surface area contributed by atoms with Gasteiger partial charge >= 0.3 is 0 Å². The molecule has 156 valence electrons. The quantitative estimate of drug-likeness (QED) is 0.691. The van der Waals surface area contributed by atoms with E-state index in [1.807, 2.05) is 7.11 Å². The zero-order valence-electron chi connectivity index (χ0n) is 17.8. The van der Waals surface area contributed by atoms with Crippen LogP contribution in [0, 0.1) is 34.5 Å². The predicted octanol–water partition coefficient (Wildman–Crippen LogP) is 4.79. The van der Waals surface area contributed by atoms with E-state index in [0.29, 0.717) is 29.8 Å². The molecule has 3 saturated carbocycles. The molecule has 5 aliphatic rings. The molecule has 0 saturated heterocycles. The summed E-state index contributed by atoms with van der Waals surface area (Å²) in [6.45, 7) is 6.90. The summed E-state index contributed by atoms with van der Waals surface area (Å²) in [4.78, 5) is 0. The molecule has 0 bridgehead atoms. The fourth-order valence-corrected chi connectivity index (χ4v) is 8.34. The lowest BCUT2D eigenvalue weighted by Crippen LogP contribution is -2.58. The minimum Gasteiger partial charge on any atom is -0.457 e. The molecule has 4 nitrogen and oxygen atoms in total. The number of fused-ring (bicyclic) bond motifs is 5. The highest BCUT2D eigenvalue weighted by Gasteiger charge is 2.65. The molecule has 5 rings (SSSR count). The van der Waals surface area contributed by atoms with E-state index >= 15 is 0 Å². The first-order valence-electron chi connectivity index (χ1n) is 11.2. The molecule has 4 heteroatoms. The smallest absolute Gasteiger partial charge is 0.250 e. The van der Waals surface area contributed by atoms with Gasteiger partial charge in [0.15, 0.2) is 0 Å². The second-order valence-corrected chi connectivity index (χ2v) is 10.7. The van der Waals surface area contributed by atoms with Crippen molar-refractivity contribution in [2.24, 2.45) is 34.5 Å². The SMILES string of the molecule is CO[C@H]1CC[C@@]2(C)C(=CCC3C2[C@@H](O)C[C@@]2(C)C3CC[C@@H]2C2(C)OC=CO2)C1. The summed E-state index contributed by atoms with van der Waals surface area (Å²) in [6, 6.07) is 0. The first-order valence-corrected chi connectivity index (χ1v) is 11.2. The van der Waals surface area contributed by atoms with Gasteiger partial charge in [-0.05, 0) is 73.5 Å². The number of aliphatic hydroxyl groups excluding tert-OH is 1. The standard InChI is InChI=1S/C24H36O4/c1-22-10-9-16(26-4)13-15(22)5-6-17-18-7-8-20(24(3)27-11-12-28-24)23(18,2)14-19(25)21(17)22/h5,11-12,16-21,25H,6-10,13-14H2,1-4H3/t16-,17?,18?,19-,20-,21?,22-,23-/m0/s1. The Morgan fingerprint density at radius 2 is 1.86 bits per heavy atom. The fraction of sp³-hybridized carbons (Fsp3) is 0.833. The summed E-state index contributed by atoms with van der Waals surface area (Å²) in [5.41, 5.74) is 1.73. The van der Waals surface area contributed by atoms with Gasteiger partial charge in [-0.25, -0.2) is 0 Å². The Morgan fingerprint density at radius 1 is 1.11 bits per heavy atom. The molecule has 0 aromatic heterocycles. The van der Waals surface area contributed by atoms with Gasteiger partial charge in [0.1, 0.15) is 12.5 Å². The monoisotopic (exact) mass is 388 g/mol. The van der Waals surface area contributed by atoms with Gasteiger partial charge in [0.2, 0.25) is 5.79 Å². The molecule has 8 atom stereocenters. The Labute approximate surface area is 169 Å². The molecule has 3 fully saturated rings. The molecule has 0 aromatic carbocycles. The predicted molar refractivity (Wildman–Crippen MR) is 107 cm³/mol. The van der Waals surface area contributed by atoms with Crippen molar-refractivity contribution in [3.05, 3.63) is 24.2 Å². The van der Waals surface area contributed by atoms with Gasteiger partial charge in [-0.2, -0.15) is 0 Å². The number of hydrogen-bond acceptors (Lipinski definition) is 4. The first kappa shape index (κ1) is 19.0. The van der Waals surface area contributed by atoms with Crippen LogP contribution in [-0.4, -0.2) is 30.2 Å². The average Bonchev–Trinajstić information content (AvgIpc) is 3.24. The molecule has 28 heavy (non-hydrogen) atoms. The lowest BCUT2D eigenvalue weighted by Gasteiger charge is -2.60. The molecule has 1 heterocycles. The summed E-state index contributed by atoms with van der Waals surface area (Å²) in [5.74, 6) is 1.30. The number of ether oxygens (including phenoxy) is 3. The van der Waals surface area contributed by atoms with Crippen molar-refractivity contribution in [1.82, 2.24) is 0 Å². The highest BCUT2D eigenvalue weighted by atomic mass is 16.7. The third-order valence-electron chi connectivity index (χ3n) is 9.62. The Balaban J connectivity index is 1.47. The van der Waals surface area contributed by atoms with Gasteiger partial charge in [0, 0.05) is 20.0 Å². The topological polar surface area (TPSA) is 47.9 Å². The Bertz CT molecular complexity index is 691. The third-order valence-corrected chi connectivity index (χ3v) is 9.62. The minimum absolute atomic E-state index is 0.0623. The summed E-state index contributed by atoms with van der Waals surface area (Å²) >= 11 is 0. The summed E-state index contributed by atoms with van der Waals surface area (Å²) in [5, 5.41) is 11.5. The molecule has 0 radical (unpaired) electrons. The van der Waals surface area contributed by atoms with E-state index in [1.54, 1.807) is 18.1 Å². The molecule has 0 aromatic rings. The van der Waals surface area contributed by atoms with Gasteiger partial charge in [-0.1, -0.05) is 25.5 Å². The van der Waals surface area contributed by atoms with Crippen molar-refractivity contribution in [2.75, 3.05) is 7.11 Å². The maximum absolute atomic E-state index is 11.5. The van der Waals surface area contributed by atoms with Crippen LogP contribution in [0.2, 0.25) is 0 Å². The largest absolute Gasteiger partial charge is 0.457 e. The van der Waals surface area contributed by atoms with E-state index in [0.717, 1.165) is 38.5 Å². The van der Waals surface area contributed by atoms with Crippen LogP contribution in [0.4, 0.5) is 0 Å². The highest BCUT2D eigenvalue weighted by molar-refractivity contribution is 5.27. The van der Waals surface area contributed by atoms with Crippen molar-refractivity contribution in [3.63, 3.8) is 0 Å². The first-order chi connectivity index (χ1) is 13.3. The number of aliphatic hydroxyl groups is 1. The van der Waals surface area contributed by atoms with E-state index in [4.69, 9.17) is 14.2 Å². The average molecular weight is 389 g/mol. The molecule has 0 amide bonds. The van der Waals surface area contributed by atoms with Crippen molar-refractivity contribution in [3.8, 4) is 0 Å². The maximum Gasteiger partial charge on any atom is 0.250 e. The maximum atomic E-state index is 11.5. The fourth-order valence-electron chi connectivity index (χ4n) is 8.34. The number of allylic oxidation sites excluding steroid dienone is 1. The van der Waals surface area contributed by atoms with Gasteiger partial charge in [0.05, 0.1) is 12.2 Å². The normalized spacial score (nSPS) is 51.4. The summed E-state index contributed by atoms with van der Waals surface area (Å²) in [6.07, 6.45) is 13.6. The van der Waals surface area contributed by atoms with Crippen LogP contribution >= 0.6 is 0 Å². The lowest BCUT2D eigenvalue weighted by molar-refractivity contribution is -0.214. The third kappa shape index (κ3) is 2.43. The molecular weight excluding hydrogens is 352 g/mol. The Hall–Kier alpha value is -1.00. The Kier molecular flexibility index (Phi) is 4.24. The summed E-state index contributed by atoms with van der Waals surface area (Å²) < 4.78 is 17.5. The van der Waals surface area contributed by atoms with Crippen molar-refractivity contribution in [1.29, 1.82) is 0 Å². The molecule has 0 spiro atoms. The van der Waals surface area contributed by atoms with E-state index in [2.05, 4.69) is 26.8 Å². The molecular formula is C24H36O4. The number of rotatable bonds is 2. The Morgan fingerprint density at radius 3 is 2.57 bits per heavy atom. The number of methoxy groups -OCH3 is 1. The van der Waals surface area contributed by atoms with Crippen molar-refractivity contribution in [2.45, 2.75) is 83.7 Å². The minimum atomic E-state index is -0.577. The number of hydrogen-bond donors (Lipinski definition) is 1. The van der Waals surface area contributed by atoms with Crippen LogP contribution in [0.3, 0.4) is 0 Å². The second-order valence-electron chi connectivity index (χ2n) is 10.7. The highest BCUT2D eigenvalue weighted by Crippen LogP contribution is 2.68. The van der Waals surface area contributed by atoms with E-state index in [1.165, 1.54) is 6.42 Å². The van der Waals surface area contributed by atoms with Gasteiger partial charge in [0.25, 0.3) is 0 Å². The van der Waals surface area contributed by atoms with Crippen LogP contribution in [0.15, 0.2) is 24.2 Å². The van der Waals surface area contributed by atoms with Gasteiger partial charge in [-0.3, -0.25) is 0 Å². The van der Waals surface area contributed by atoms with E-state index in [9.17, 15) is 5.11 Å². The van der Waals surface area contributed by atoms with Crippen molar-refractivity contribution < 1.29 is 19.3 Å². The molecule has 4 aliphatic carbocycles. The van der Waals surface area contributed by atoms with Crippen LogP contribution in [0.5, 0.6) is 0 Å².